The van der Waals surface area contributed by atoms with Gasteiger partial charge in [0.2, 0.25) is 5.91 Å². The van der Waals surface area contributed by atoms with Gasteiger partial charge in [0.15, 0.2) is 5.03 Å². The largest absolute Gasteiger partial charge is 0.475 e. The maximum atomic E-state index is 12.8. The number of aliphatic imine (C=N–C) groups is 1. The molecule has 0 saturated carbocycles. The van der Waals surface area contributed by atoms with Crippen molar-refractivity contribution in [2.75, 3.05) is 6.54 Å². The molecule has 0 fully saturated rings. The number of guanidine groups is 1. The quantitative estimate of drug-likeness (QED) is 0.0558. The van der Waals surface area contributed by atoms with Gasteiger partial charge in [0.05, 0.1) is 5.94 Å². The first-order valence-electron chi connectivity index (χ1n) is 9.93. The highest BCUT2D eigenvalue weighted by atomic mass is 79.9. The van der Waals surface area contributed by atoms with Gasteiger partial charge in [-0.2, -0.15) is 0 Å². The summed E-state index contributed by atoms with van der Waals surface area (Å²) in [5, 5.41) is 33.9. The van der Waals surface area contributed by atoms with Crippen molar-refractivity contribution in [3.63, 3.8) is 0 Å². The summed E-state index contributed by atoms with van der Waals surface area (Å²) < 4.78 is 0.788. The van der Waals surface area contributed by atoms with E-state index >= 15 is 0 Å². The molecule has 0 unspecified atom stereocenters. The molecule has 0 heterocycles. The van der Waals surface area contributed by atoms with Gasteiger partial charge < -0.3 is 26.4 Å². The minimum absolute atomic E-state index is 0.0721. The molecule has 7 N–H and O–H groups in total. The lowest BCUT2D eigenvalue weighted by Crippen LogP contribution is -2.54. The molecule has 0 aliphatic rings. The maximum Gasteiger partial charge on any atom is 0.475 e. The second-order valence-corrected chi connectivity index (χ2v) is 8.38. The van der Waals surface area contributed by atoms with Crippen LogP contribution >= 0.6 is 15.9 Å². The molecule has 32 heavy (non-hydrogen) atoms. The normalized spacial score (nSPS) is 13.2. The predicted octanol–water partition coefficient (Wildman–Crippen LogP) is -0.0334. The third-order valence-electron chi connectivity index (χ3n) is 4.28. The van der Waals surface area contributed by atoms with Gasteiger partial charge in [0.25, 0.3) is 11.9 Å². The smallest absolute Gasteiger partial charge is 0.426 e. The number of carbonyl (C=O) groups excluding carboxylic acids is 2. The van der Waals surface area contributed by atoms with Gasteiger partial charge in [-0.15, -0.1) is 0 Å². The maximum absolute atomic E-state index is 12.8. The molecule has 0 aliphatic heterocycles. The third-order valence-corrected chi connectivity index (χ3v) is 4.81. The summed E-state index contributed by atoms with van der Waals surface area (Å²) in [5.74, 6) is -2.28. The summed E-state index contributed by atoms with van der Waals surface area (Å²) >= 11 is 3.28. The minimum Gasteiger partial charge on any atom is -0.426 e. The number of benzene rings is 1. The van der Waals surface area contributed by atoms with E-state index in [9.17, 15) is 29.8 Å². The Morgan fingerprint density at radius 3 is 2.41 bits per heavy atom. The van der Waals surface area contributed by atoms with Gasteiger partial charge in [-0.3, -0.25) is 9.59 Å². The van der Waals surface area contributed by atoms with E-state index < -0.39 is 35.9 Å². The number of amides is 2. The number of nitro groups is 1. The lowest BCUT2D eigenvalue weighted by Gasteiger charge is -2.24. The highest BCUT2D eigenvalue weighted by Crippen LogP contribution is 2.12. The molecule has 2 atom stereocenters. The molecule has 0 spiro atoms. The second kappa shape index (κ2) is 13.7. The van der Waals surface area contributed by atoms with Gasteiger partial charge in [-0.1, -0.05) is 35.2 Å². The Morgan fingerprint density at radius 1 is 1.25 bits per heavy atom. The van der Waals surface area contributed by atoms with Crippen LogP contribution in [0.15, 0.2) is 33.7 Å². The lowest BCUT2D eigenvalue weighted by atomic mass is 9.75. The summed E-state index contributed by atoms with van der Waals surface area (Å²) in [4.78, 5) is 39.5. The fourth-order valence-corrected chi connectivity index (χ4v) is 3.05. The Kier molecular flexibility index (Phi) is 11.7. The molecule has 0 bridgehead atoms. The van der Waals surface area contributed by atoms with E-state index in [-0.39, 0.29) is 31.3 Å². The molecule has 12 nitrogen and oxygen atoms in total. The molecular formula is C18H28BBrN6O6. The van der Waals surface area contributed by atoms with E-state index in [0.29, 0.717) is 12.0 Å². The second-order valence-electron chi connectivity index (χ2n) is 7.47. The van der Waals surface area contributed by atoms with E-state index in [2.05, 4.69) is 31.6 Å². The van der Waals surface area contributed by atoms with Crippen LogP contribution in [0.4, 0.5) is 0 Å². The van der Waals surface area contributed by atoms with E-state index in [1.54, 1.807) is 29.7 Å². The van der Waals surface area contributed by atoms with Crippen molar-refractivity contribution in [3.05, 3.63) is 44.4 Å². The fraction of sp³-hybridized carbons (Fsp3) is 0.500. The number of nitrogens with two attached hydrogens (primary N) is 1. The molecule has 176 valence electrons. The van der Waals surface area contributed by atoms with Gasteiger partial charge in [-0.25, -0.2) is 15.1 Å². The van der Waals surface area contributed by atoms with Gasteiger partial charge >= 0.3 is 7.12 Å². The summed E-state index contributed by atoms with van der Waals surface area (Å²) in [6.07, 6.45) is 0.735. The van der Waals surface area contributed by atoms with Crippen LogP contribution in [-0.4, -0.2) is 58.5 Å². The fourth-order valence-electron chi connectivity index (χ4n) is 2.78. The van der Waals surface area contributed by atoms with Crippen LogP contribution < -0.4 is 21.8 Å². The standard InChI is InChI=1S/C18H28BBrN6O6/c1-11(2)10-15(19(29)30)24-17(28)14(4-3-9-22-18(21)25-26(31)32)23-16(27)12-5-7-13(20)8-6-12/h5-8,11,14-15,29-30H,3-4,9-10H2,1-2H3,(H,23,27)(H,24,28)(H3,21,22,25)/t14-,15-/m0/s1. The van der Waals surface area contributed by atoms with Crippen LogP contribution in [0.5, 0.6) is 0 Å². The Hall–Kier alpha value is -2.71. The number of carbonyl (C=O) groups is 2. The first-order valence-corrected chi connectivity index (χ1v) is 10.7. The van der Waals surface area contributed by atoms with E-state index in [0.717, 1.165) is 4.47 Å². The summed E-state index contributed by atoms with van der Waals surface area (Å²) in [7, 11) is -1.76. The molecule has 0 aromatic heterocycles. The zero-order valence-corrected chi connectivity index (χ0v) is 19.4. The van der Waals surface area contributed by atoms with Crippen molar-refractivity contribution >= 4 is 40.8 Å². The Morgan fingerprint density at radius 2 is 1.88 bits per heavy atom. The van der Waals surface area contributed by atoms with Crippen molar-refractivity contribution in [1.82, 2.24) is 16.1 Å². The molecular weight excluding hydrogens is 487 g/mol. The van der Waals surface area contributed by atoms with E-state index in [1.165, 1.54) is 0 Å². The van der Waals surface area contributed by atoms with Gasteiger partial charge in [0, 0.05) is 16.6 Å². The Labute approximate surface area is 194 Å². The zero-order valence-electron chi connectivity index (χ0n) is 17.8. The number of hydrogen-bond donors (Lipinski definition) is 6. The van der Waals surface area contributed by atoms with Crippen molar-refractivity contribution in [2.24, 2.45) is 16.6 Å². The highest BCUT2D eigenvalue weighted by Gasteiger charge is 2.29. The van der Waals surface area contributed by atoms with E-state index in [1.807, 2.05) is 13.8 Å². The van der Waals surface area contributed by atoms with Crippen molar-refractivity contribution < 1.29 is 24.7 Å². The summed E-state index contributed by atoms with van der Waals surface area (Å²) in [5.41, 5.74) is 7.40. The van der Waals surface area contributed by atoms with Crippen LogP contribution in [-0.2, 0) is 4.79 Å². The molecule has 0 radical (unpaired) electrons. The van der Waals surface area contributed by atoms with Crippen molar-refractivity contribution in [2.45, 2.75) is 45.1 Å². The average molecular weight is 515 g/mol. The summed E-state index contributed by atoms with van der Waals surface area (Å²) in [6.45, 7) is 3.81. The molecule has 1 rings (SSSR count). The molecule has 0 aliphatic carbocycles. The van der Waals surface area contributed by atoms with Crippen molar-refractivity contribution in [1.29, 1.82) is 0 Å². The highest BCUT2D eigenvalue weighted by molar-refractivity contribution is 9.10. The van der Waals surface area contributed by atoms with E-state index in [4.69, 9.17) is 5.73 Å². The number of nitrogens with one attached hydrogen (secondary N) is 3. The monoisotopic (exact) mass is 514 g/mol. The van der Waals surface area contributed by atoms with Crippen LogP contribution in [0, 0.1) is 16.0 Å². The molecule has 14 heteroatoms. The number of rotatable bonds is 12. The van der Waals surface area contributed by atoms with Crippen LogP contribution in [0.2, 0.25) is 0 Å². The first kappa shape index (κ1) is 27.3. The number of halogens is 1. The molecule has 1 aromatic rings. The molecule has 1 aromatic carbocycles. The Bertz CT molecular complexity index is 808. The number of nitrogens with zero attached hydrogens (tertiary/aromatic N) is 2. The van der Waals surface area contributed by atoms with Gasteiger partial charge in [0.1, 0.15) is 6.04 Å². The van der Waals surface area contributed by atoms with Crippen LogP contribution in [0.1, 0.15) is 43.5 Å². The minimum atomic E-state index is -1.76. The van der Waals surface area contributed by atoms with Gasteiger partial charge in [-0.05, 0) is 49.4 Å². The Balaban J connectivity index is 2.88. The lowest BCUT2D eigenvalue weighted by molar-refractivity contribution is -0.525. The SMILES string of the molecule is CC(C)C[C@H](NC(=O)[C@H](CCCN=C(N)N[N+](=O)[O-])NC(=O)c1ccc(Br)cc1)B(O)O. The zero-order chi connectivity index (χ0) is 24.3. The third kappa shape index (κ3) is 10.5. The average Bonchev–Trinajstić information content (AvgIpc) is 2.69. The molecule has 0 saturated heterocycles. The van der Waals surface area contributed by atoms with Crippen LogP contribution in [0.3, 0.4) is 0 Å². The van der Waals surface area contributed by atoms with Crippen LogP contribution in [0.25, 0.3) is 0 Å². The summed E-state index contributed by atoms with van der Waals surface area (Å²) in [6, 6.07) is 5.54. The predicted molar refractivity (Wildman–Crippen MR) is 123 cm³/mol. The first-order chi connectivity index (χ1) is 15.0. The molecule has 2 amide bonds. The number of hydrazine groups is 1. The topological polar surface area (TPSA) is 192 Å². The van der Waals surface area contributed by atoms with Crippen molar-refractivity contribution in [3.8, 4) is 0 Å². The number of hydrogen-bond acceptors (Lipinski definition) is 7.